The minimum atomic E-state index is -4.37. The molecule has 0 spiro atoms. The highest BCUT2D eigenvalue weighted by Crippen LogP contribution is 2.33. The molecule has 0 aliphatic heterocycles. The van der Waals surface area contributed by atoms with Crippen LogP contribution in [-0.4, -0.2) is 4.98 Å². The Balaban J connectivity index is 2.57. The Hall–Kier alpha value is -1.14. The molecule has 0 amide bonds. The van der Waals surface area contributed by atoms with Crippen molar-refractivity contribution in [2.45, 2.75) is 13.1 Å². The largest absolute Gasteiger partial charge is 0.416 e. The summed E-state index contributed by atoms with van der Waals surface area (Å²) in [6.45, 7) is 1.90. The van der Waals surface area contributed by atoms with Crippen LogP contribution in [0.1, 0.15) is 10.4 Å². The van der Waals surface area contributed by atoms with Crippen LogP contribution >= 0.6 is 23.6 Å². The van der Waals surface area contributed by atoms with Crippen LogP contribution in [0.25, 0.3) is 10.6 Å². The smallest absolute Gasteiger partial charge is 0.345 e. The van der Waals surface area contributed by atoms with Crippen molar-refractivity contribution in [3.8, 4) is 10.6 Å². The summed E-state index contributed by atoms with van der Waals surface area (Å²) in [6, 6.07) is 5.65. The molecule has 1 nitrogen and oxygen atoms in total. The number of rotatable bonds is 1. The monoisotopic (exact) mass is 275 g/mol. The van der Waals surface area contributed by atoms with E-state index in [2.05, 4.69) is 4.98 Å². The number of thiophene rings is 1. The van der Waals surface area contributed by atoms with E-state index in [0.717, 1.165) is 21.9 Å². The van der Waals surface area contributed by atoms with Crippen molar-refractivity contribution in [1.29, 1.82) is 0 Å². The van der Waals surface area contributed by atoms with Crippen molar-refractivity contribution >= 4 is 23.6 Å². The summed E-state index contributed by atoms with van der Waals surface area (Å²) in [7, 11) is 0. The molecule has 1 N–H and O–H groups in total. The van der Waals surface area contributed by atoms with Gasteiger partial charge in [-0.3, -0.25) is 0 Å². The Morgan fingerprint density at radius 2 is 1.94 bits per heavy atom. The number of aryl methyl sites for hydroxylation is 1. The number of H-pyrrole nitrogens is 1. The van der Waals surface area contributed by atoms with E-state index in [-0.39, 0.29) is 4.64 Å². The lowest BCUT2D eigenvalue weighted by atomic mass is 10.2. The van der Waals surface area contributed by atoms with Crippen LogP contribution in [0.3, 0.4) is 0 Å². The molecule has 6 heteroatoms. The summed E-state index contributed by atoms with van der Waals surface area (Å²) in [4.78, 5) is 4.56. The molecule has 2 aromatic rings. The highest BCUT2D eigenvalue weighted by Gasteiger charge is 2.31. The van der Waals surface area contributed by atoms with Crippen molar-refractivity contribution < 1.29 is 13.2 Å². The van der Waals surface area contributed by atoms with Crippen molar-refractivity contribution in [2.75, 3.05) is 0 Å². The van der Waals surface area contributed by atoms with Gasteiger partial charge in [-0.1, -0.05) is 12.2 Å². The van der Waals surface area contributed by atoms with Gasteiger partial charge in [-0.15, -0.1) is 11.3 Å². The fourth-order valence-electron chi connectivity index (χ4n) is 1.42. The van der Waals surface area contributed by atoms with Gasteiger partial charge in [0, 0.05) is 4.88 Å². The molecule has 0 atom stereocenters. The van der Waals surface area contributed by atoms with Crippen LogP contribution in [0.15, 0.2) is 24.3 Å². The Labute approximate surface area is 105 Å². The van der Waals surface area contributed by atoms with Gasteiger partial charge in [0.25, 0.3) is 0 Å². The van der Waals surface area contributed by atoms with E-state index in [0.29, 0.717) is 5.69 Å². The van der Waals surface area contributed by atoms with Gasteiger partial charge < -0.3 is 4.98 Å². The summed E-state index contributed by atoms with van der Waals surface area (Å²) in [5.74, 6) is 0. The quantitative estimate of drug-likeness (QED) is 0.739. The molecule has 0 unspecified atom stereocenters. The SMILES string of the molecule is Cc1ccc(-c2cc(C(F)(F)F)cc(=S)[nH]2)s1. The van der Waals surface area contributed by atoms with Gasteiger partial charge in [0.2, 0.25) is 0 Å². The van der Waals surface area contributed by atoms with Crippen molar-refractivity contribution in [3.63, 3.8) is 0 Å². The van der Waals surface area contributed by atoms with Crippen molar-refractivity contribution in [3.05, 3.63) is 39.3 Å². The lowest BCUT2D eigenvalue weighted by Gasteiger charge is -2.08. The standard InChI is InChI=1S/C11H8F3NS2/c1-6-2-3-9(17-6)8-4-7(11(12,13)14)5-10(16)15-8/h2-5H,1H3,(H,15,16). The number of halogens is 3. The molecule has 0 aliphatic rings. The first-order chi connectivity index (χ1) is 7.86. The molecule has 0 aliphatic carbocycles. The molecular weight excluding hydrogens is 267 g/mol. The lowest BCUT2D eigenvalue weighted by Crippen LogP contribution is -2.05. The zero-order valence-corrected chi connectivity index (χ0v) is 10.4. The third-order valence-electron chi connectivity index (χ3n) is 2.18. The van der Waals surface area contributed by atoms with Gasteiger partial charge in [0.15, 0.2) is 0 Å². The Bertz CT molecular complexity index is 595. The molecule has 0 aromatic carbocycles. The normalized spacial score (nSPS) is 11.8. The highest BCUT2D eigenvalue weighted by atomic mass is 32.1. The van der Waals surface area contributed by atoms with E-state index < -0.39 is 11.7 Å². The third kappa shape index (κ3) is 2.76. The first kappa shape index (κ1) is 12.3. The van der Waals surface area contributed by atoms with Crippen LogP contribution < -0.4 is 0 Å². The fourth-order valence-corrected chi connectivity index (χ4v) is 2.49. The molecule has 2 rings (SSSR count). The first-order valence-electron chi connectivity index (χ1n) is 4.74. The predicted molar refractivity (Wildman–Crippen MR) is 64.7 cm³/mol. The third-order valence-corrected chi connectivity index (χ3v) is 3.43. The van der Waals surface area contributed by atoms with Crippen molar-refractivity contribution in [2.24, 2.45) is 0 Å². The molecule has 0 saturated carbocycles. The average Bonchev–Trinajstić information content (AvgIpc) is 2.62. The topological polar surface area (TPSA) is 15.8 Å². The molecule has 2 aromatic heterocycles. The van der Waals surface area contributed by atoms with Gasteiger partial charge in [-0.05, 0) is 31.2 Å². The minimum Gasteiger partial charge on any atom is -0.345 e. The van der Waals surface area contributed by atoms with Crippen molar-refractivity contribution in [1.82, 2.24) is 4.98 Å². The van der Waals surface area contributed by atoms with E-state index in [1.807, 2.05) is 13.0 Å². The zero-order valence-electron chi connectivity index (χ0n) is 8.76. The second-order valence-corrected chi connectivity index (χ2v) is 5.28. The maximum atomic E-state index is 12.6. The summed E-state index contributed by atoms with van der Waals surface area (Å²) in [5, 5.41) is 0. The number of nitrogens with one attached hydrogen (secondary N) is 1. The van der Waals surface area contributed by atoms with Crippen LogP contribution in [0, 0.1) is 11.6 Å². The molecule has 0 radical (unpaired) electrons. The molecule has 0 saturated heterocycles. The number of aromatic amines is 1. The number of alkyl halides is 3. The molecule has 2 heterocycles. The molecule has 0 fully saturated rings. The van der Waals surface area contributed by atoms with Crippen LogP contribution in [0.2, 0.25) is 0 Å². The zero-order chi connectivity index (χ0) is 12.6. The summed E-state index contributed by atoms with van der Waals surface area (Å²) >= 11 is 6.24. The van der Waals surface area contributed by atoms with E-state index in [9.17, 15) is 13.2 Å². The van der Waals surface area contributed by atoms with Crippen LogP contribution in [-0.2, 0) is 6.18 Å². The second kappa shape index (κ2) is 4.27. The van der Waals surface area contributed by atoms with Crippen LogP contribution in [0.5, 0.6) is 0 Å². The Kier molecular flexibility index (Phi) is 3.09. The fraction of sp³-hybridized carbons (Fsp3) is 0.182. The minimum absolute atomic E-state index is 0.0841. The summed E-state index contributed by atoms with van der Waals surface area (Å²) in [6.07, 6.45) is -4.37. The van der Waals surface area contributed by atoms with Gasteiger partial charge in [-0.2, -0.15) is 13.2 Å². The Morgan fingerprint density at radius 1 is 1.24 bits per heavy atom. The second-order valence-electron chi connectivity index (χ2n) is 3.55. The average molecular weight is 275 g/mol. The number of aromatic nitrogens is 1. The van der Waals surface area contributed by atoms with Gasteiger partial charge in [-0.25, -0.2) is 0 Å². The van der Waals surface area contributed by atoms with E-state index in [1.165, 1.54) is 11.3 Å². The summed E-state index contributed by atoms with van der Waals surface area (Å²) in [5.41, 5.74) is -0.315. The van der Waals surface area contributed by atoms with Gasteiger partial charge >= 0.3 is 6.18 Å². The number of hydrogen-bond donors (Lipinski definition) is 1. The van der Waals surface area contributed by atoms with E-state index in [1.54, 1.807) is 6.07 Å². The maximum Gasteiger partial charge on any atom is 0.416 e. The van der Waals surface area contributed by atoms with E-state index >= 15 is 0 Å². The first-order valence-corrected chi connectivity index (χ1v) is 5.97. The van der Waals surface area contributed by atoms with Crippen LogP contribution in [0.4, 0.5) is 13.2 Å². The highest BCUT2D eigenvalue weighted by molar-refractivity contribution is 7.71. The molecule has 90 valence electrons. The molecular formula is C11H8F3NS2. The number of pyridine rings is 1. The molecule has 0 bridgehead atoms. The number of hydrogen-bond acceptors (Lipinski definition) is 2. The van der Waals surface area contributed by atoms with Gasteiger partial charge in [0.05, 0.1) is 16.1 Å². The lowest BCUT2D eigenvalue weighted by molar-refractivity contribution is -0.137. The van der Waals surface area contributed by atoms with Gasteiger partial charge in [0.1, 0.15) is 4.64 Å². The van der Waals surface area contributed by atoms with E-state index in [4.69, 9.17) is 12.2 Å². The maximum absolute atomic E-state index is 12.6. The Morgan fingerprint density at radius 3 is 2.47 bits per heavy atom. The predicted octanol–water partition coefficient (Wildman–Crippen LogP) is 4.80. The summed E-state index contributed by atoms with van der Waals surface area (Å²) < 4.78 is 37.9. The molecule has 17 heavy (non-hydrogen) atoms.